The Morgan fingerprint density at radius 1 is 1.31 bits per heavy atom. The first-order chi connectivity index (χ1) is 13.7. The minimum atomic E-state index is -0.220. The van der Waals surface area contributed by atoms with Gasteiger partial charge in [-0.05, 0) is 47.8 Å². The molecule has 0 unspecified atom stereocenters. The first-order valence-electron chi connectivity index (χ1n) is 10.1. The van der Waals surface area contributed by atoms with Crippen LogP contribution in [0, 0.1) is 5.92 Å². The highest BCUT2D eigenvalue weighted by atomic mass is 32.1. The molecular formula is C23H27N3O2S. The lowest BCUT2D eigenvalue weighted by Crippen LogP contribution is -2.29. The van der Waals surface area contributed by atoms with Gasteiger partial charge in [-0.1, -0.05) is 45.9 Å². The van der Waals surface area contributed by atoms with Gasteiger partial charge in [0.05, 0.1) is 11.7 Å². The summed E-state index contributed by atoms with van der Waals surface area (Å²) in [6, 6.07) is 7.80. The molecule has 1 aromatic carbocycles. The lowest BCUT2D eigenvalue weighted by Gasteiger charge is -2.23. The second kappa shape index (κ2) is 7.41. The molecule has 2 aromatic heterocycles. The number of aryl methyl sites for hydroxylation is 1. The molecule has 0 bridgehead atoms. The zero-order valence-electron chi connectivity index (χ0n) is 17.4. The molecule has 1 atom stereocenters. The van der Waals surface area contributed by atoms with Crippen LogP contribution in [0.3, 0.4) is 0 Å². The number of amides is 1. The number of nitrogens with one attached hydrogen (secondary N) is 1. The largest absolute Gasteiger partial charge is 0.324 e. The molecule has 6 heteroatoms. The molecule has 152 valence electrons. The van der Waals surface area contributed by atoms with Gasteiger partial charge < -0.3 is 5.32 Å². The quantitative estimate of drug-likeness (QED) is 0.692. The molecule has 0 radical (unpaired) electrons. The maximum absolute atomic E-state index is 13.1. The van der Waals surface area contributed by atoms with Gasteiger partial charge in [0.15, 0.2) is 0 Å². The Labute approximate surface area is 174 Å². The van der Waals surface area contributed by atoms with Crippen LogP contribution in [0.2, 0.25) is 0 Å². The summed E-state index contributed by atoms with van der Waals surface area (Å²) in [5.74, 6) is 0.425. The molecule has 0 aliphatic heterocycles. The summed E-state index contributed by atoms with van der Waals surface area (Å²) in [6.07, 6.45) is 4.53. The third-order valence-electron chi connectivity index (χ3n) is 5.61. The van der Waals surface area contributed by atoms with E-state index >= 15 is 0 Å². The van der Waals surface area contributed by atoms with Gasteiger partial charge >= 0.3 is 0 Å². The predicted molar refractivity (Wildman–Crippen MR) is 119 cm³/mol. The average Bonchev–Trinajstić information content (AvgIpc) is 3.01. The molecular weight excluding hydrogens is 382 g/mol. The zero-order chi connectivity index (χ0) is 20.8. The van der Waals surface area contributed by atoms with Gasteiger partial charge in [0.1, 0.15) is 11.4 Å². The van der Waals surface area contributed by atoms with E-state index in [0.717, 1.165) is 40.9 Å². The van der Waals surface area contributed by atoms with E-state index in [1.165, 1.54) is 15.8 Å². The smallest absolute Gasteiger partial charge is 0.262 e. The van der Waals surface area contributed by atoms with Crippen molar-refractivity contribution >= 4 is 33.1 Å². The third kappa shape index (κ3) is 3.86. The van der Waals surface area contributed by atoms with Crippen LogP contribution in [0.1, 0.15) is 50.1 Å². The molecule has 2 heterocycles. The number of fused-ring (bicyclic) bond motifs is 3. The maximum atomic E-state index is 13.1. The highest BCUT2D eigenvalue weighted by Gasteiger charge is 2.24. The summed E-state index contributed by atoms with van der Waals surface area (Å²) in [6.45, 7) is 8.54. The van der Waals surface area contributed by atoms with Gasteiger partial charge in [-0.2, -0.15) is 0 Å². The van der Waals surface area contributed by atoms with E-state index in [9.17, 15) is 9.59 Å². The van der Waals surface area contributed by atoms with Crippen molar-refractivity contribution in [3.8, 4) is 0 Å². The van der Waals surface area contributed by atoms with Crippen molar-refractivity contribution < 1.29 is 4.79 Å². The molecule has 1 aliphatic carbocycles. The summed E-state index contributed by atoms with van der Waals surface area (Å²) >= 11 is 1.63. The molecule has 5 nitrogen and oxygen atoms in total. The summed E-state index contributed by atoms with van der Waals surface area (Å²) in [4.78, 5) is 32.4. The highest BCUT2D eigenvalue weighted by molar-refractivity contribution is 7.18. The molecule has 0 fully saturated rings. The van der Waals surface area contributed by atoms with Crippen LogP contribution < -0.4 is 10.9 Å². The Morgan fingerprint density at radius 3 is 2.83 bits per heavy atom. The summed E-state index contributed by atoms with van der Waals surface area (Å²) < 4.78 is 1.43. The molecule has 29 heavy (non-hydrogen) atoms. The Bertz CT molecular complexity index is 1140. The standard InChI is InChI=1S/C23H27N3O2S/c1-14-9-10-15-18(11-14)29-21-20(15)22(28)26(13-24-21)12-19(27)25-17-8-6-5-7-16(17)23(2,3)4/h5-8,13-14H,9-12H2,1-4H3,(H,25,27)/t14-/m1/s1. The van der Waals surface area contributed by atoms with Crippen molar-refractivity contribution in [2.24, 2.45) is 5.92 Å². The molecule has 0 saturated heterocycles. The number of rotatable bonds is 3. The normalized spacial score (nSPS) is 16.6. The molecule has 3 aromatic rings. The number of aromatic nitrogens is 2. The van der Waals surface area contributed by atoms with E-state index in [0.29, 0.717) is 11.3 Å². The average molecular weight is 410 g/mol. The first-order valence-corrected chi connectivity index (χ1v) is 10.9. The summed E-state index contributed by atoms with van der Waals surface area (Å²) in [5, 5.41) is 3.69. The van der Waals surface area contributed by atoms with Gasteiger partial charge in [-0.3, -0.25) is 14.2 Å². The van der Waals surface area contributed by atoms with Crippen molar-refractivity contribution in [2.45, 2.75) is 58.9 Å². The lowest BCUT2D eigenvalue weighted by atomic mass is 9.86. The van der Waals surface area contributed by atoms with E-state index in [-0.39, 0.29) is 23.4 Å². The van der Waals surface area contributed by atoms with Crippen molar-refractivity contribution in [2.75, 3.05) is 5.32 Å². The van der Waals surface area contributed by atoms with E-state index in [2.05, 4.69) is 38.0 Å². The molecule has 1 aliphatic rings. The number of para-hydroxylation sites is 1. The first kappa shape index (κ1) is 19.8. The summed E-state index contributed by atoms with van der Waals surface area (Å²) in [7, 11) is 0. The van der Waals surface area contributed by atoms with Gasteiger partial charge in [0.25, 0.3) is 5.56 Å². The maximum Gasteiger partial charge on any atom is 0.262 e. The van der Waals surface area contributed by atoms with E-state index in [1.807, 2.05) is 24.3 Å². The number of carbonyl (C=O) groups is 1. The fraction of sp³-hybridized carbons (Fsp3) is 0.435. The van der Waals surface area contributed by atoms with Crippen molar-refractivity contribution in [3.05, 3.63) is 57.0 Å². The van der Waals surface area contributed by atoms with Gasteiger partial charge in [-0.25, -0.2) is 4.98 Å². The van der Waals surface area contributed by atoms with Crippen LogP contribution in [0.5, 0.6) is 0 Å². The lowest BCUT2D eigenvalue weighted by molar-refractivity contribution is -0.116. The van der Waals surface area contributed by atoms with Crippen LogP contribution >= 0.6 is 11.3 Å². The topological polar surface area (TPSA) is 64.0 Å². The number of carbonyl (C=O) groups excluding carboxylic acids is 1. The number of benzene rings is 1. The minimum Gasteiger partial charge on any atom is -0.324 e. The minimum absolute atomic E-state index is 0.0404. The molecule has 0 spiro atoms. The van der Waals surface area contributed by atoms with E-state index in [4.69, 9.17) is 0 Å². The summed E-state index contributed by atoms with van der Waals surface area (Å²) in [5.41, 5.74) is 2.80. The number of hydrogen-bond acceptors (Lipinski definition) is 4. The van der Waals surface area contributed by atoms with Crippen molar-refractivity contribution in [3.63, 3.8) is 0 Å². The van der Waals surface area contributed by atoms with Crippen molar-refractivity contribution in [1.29, 1.82) is 0 Å². The fourth-order valence-corrected chi connectivity index (χ4v) is 5.41. The van der Waals surface area contributed by atoms with Crippen LogP contribution in [0.4, 0.5) is 5.69 Å². The number of anilines is 1. The second-order valence-corrected chi connectivity index (χ2v) is 10.1. The van der Waals surface area contributed by atoms with E-state index < -0.39 is 0 Å². The van der Waals surface area contributed by atoms with Crippen LogP contribution in [-0.4, -0.2) is 15.5 Å². The van der Waals surface area contributed by atoms with E-state index in [1.54, 1.807) is 11.3 Å². The van der Waals surface area contributed by atoms with Crippen LogP contribution in [0.25, 0.3) is 10.2 Å². The fourth-order valence-electron chi connectivity index (χ4n) is 4.07. The predicted octanol–water partition coefficient (Wildman–Crippen LogP) is 4.52. The molecule has 0 saturated carbocycles. The molecule has 4 rings (SSSR count). The van der Waals surface area contributed by atoms with Crippen molar-refractivity contribution in [1.82, 2.24) is 9.55 Å². The number of thiophene rings is 1. The van der Waals surface area contributed by atoms with Gasteiger partial charge in [-0.15, -0.1) is 11.3 Å². The highest BCUT2D eigenvalue weighted by Crippen LogP contribution is 2.35. The molecule has 1 amide bonds. The van der Waals surface area contributed by atoms with Crippen LogP contribution in [-0.2, 0) is 29.6 Å². The van der Waals surface area contributed by atoms with Gasteiger partial charge in [0.2, 0.25) is 5.91 Å². The monoisotopic (exact) mass is 409 g/mol. The second-order valence-electron chi connectivity index (χ2n) is 9.05. The zero-order valence-corrected chi connectivity index (χ0v) is 18.2. The number of nitrogens with zero attached hydrogens (tertiary/aromatic N) is 2. The Balaban J connectivity index is 1.61. The Kier molecular flexibility index (Phi) is 5.07. The Morgan fingerprint density at radius 2 is 2.07 bits per heavy atom. The SMILES string of the molecule is C[C@@H]1CCc2c(sc3ncn(CC(=O)Nc4ccccc4C(C)(C)C)c(=O)c23)C1. The third-order valence-corrected chi connectivity index (χ3v) is 6.77. The van der Waals surface area contributed by atoms with Crippen LogP contribution in [0.15, 0.2) is 35.4 Å². The number of hydrogen-bond donors (Lipinski definition) is 1. The molecule has 1 N–H and O–H groups in total. The Hall–Kier alpha value is -2.47. The van der Waals surface area contributed by atoms with Gasteiger partial charge in [0, 0.05) is 10.6 Å².